The molecule has 0 unspecified atom stereocenters. The zero-order valence-electron chi connectivity index (χ0n) is 21.1. The van der Waals surface area contributed by atoms with Gasteiger partial charge >= 0.3 is 11.7 Å². The number of fused-ring (bicyclic) bond motifs is 1. The fourth-order valence-electron chi connectivity index (χ4n) is 4.80. The molecule has 12 nitrogen and oxygen atoms in total. The summed E-state index contributed by atoms with van der Waals surface area (Å²) in [6, 6.07) is 11.7. The first-order chi connectivity index (χ1) is 18.5. The lowest BCUT2D eigenvalue weighted by Crippen LogP contribution is -2.47. The Morgan fingerprint density at radius 2 is 1.97 bits per heavy atom. The van der Waals surface area contributed by atoms with Gasteiger partial charge in [0, 0.05) is 55.5 Å². The molecule has 0 radical (unpaired) electrons. The highest BCUT2D eigenvalue weighted by atomic mass is 16.6. The zero-order chi connectivity index (χ0) is 26.5. The Labute approximate surface area is 219 Å². The summed E-state index contributed by atoms with van der Waals surface area (Å²) >= 11 is 0. The summed E-state index contributed by atoms with van der Waals surface area (Å²) in [4.78, 5) is 41.7. The van der Waals surface area contributed by atoms with Crippen LogP contribution in [0, 0.1) is 10.1 Å². The minimum Gasteiger partial charge on any atom is -0.467 e. The standard InChI is InChI=1S/C26H29N7O5/c1-2-37-23(34)9-11-32(17-19-5-4-16-38-19)26-24(33(35)36)25(28-18-29-26)31-14-12-30(13-15-31)22-7-3-6-21-20(22)8-10-27-21/h3-8,10,16,18,27H,2,9,11-15,17H2,1H3. The molecule has 4 aromatic rings. The average molecular weight is 520 g/mol. The monoisotopic (exact) mass is 519 g/mol. The van der Waals surface area contributed by atoms with Crippen LogP contribution in [-0.2, 0) is 16.1 Å². The second kappa shape index (κ2) is 11.2. The maximum atomic E-state index is 12.4. The number of hydrogen-bond acceptors (Lipinski definition) is 10. The summed E-state index contributed by atoms with van der Waals surface area (Å²) < 4.78 is 10.5. The van der Waals surface area contributed by atoms with E-state index >= 15 is 0 Å². The number of benzene rings is 1. The maximum absolute atomic E-state index is 12.4. The summed E-state index contributed by atoms with van der Waals surface area (Å²) in [7, 11) is 0. The Hall–Kier alpha value is -4.61. The molecule has 38 heavy (non-hydrogen) atoms. The van der Waals surface area contributed by atoms with Crippen LogP contribution in [0.2, 0.25) is 0 Å². The number of ether oxygens (including phenoxy) is 1. The predicted molar refractivity (Wildman–Crippen MR) is 142 cm³/mol. The lowest BCUT2D eigenvalue weighted by molar-refractivity contribution is -0.383. The zero-order valence-corrected chi connectivity index (χ0v) is 21.1. The summed E-state index contributed by atoms with van der Waals surface area (Å²) in [5.41, 5.74) is 2.01. The Kier molecular flexibility index (Phi) is 7.38. The van der Waals surface area contributed by atoms with Crippen LogP contribution in [0.15, 0.2) is 59.6 Å². The third-order valence-corrected chi connectivity index (χ3v) is 6.58. The quantitative estimate of drug-likeness (QED) is 0.188. The number of carbonyl (C=O) groups is 1. The van der Waals surface area contributed by atoms with Crippen LogP contribution in [-0.4, -0.2) is 65.2 Å². The third-order valence-electron chi connectivity index (χ3n) is 6.58. The molecule has 0 atom stereocenters. The van der Waals surface area contributed by atoms with E-state index in [0.29, 0.717) is 31.9 Å². The van der Waals surface area contributed by atoms with E-state index in [9.17, 15) is 14.9 Å². The van der Waals surface area contributed by atoms with Gasteiger partial charge in [0.15, 0.2) is 0 Å². The smallest absolute Gasteiger partial charge is 0.353 e. The van der Waals surface area contributed by atoms with Gasteiger partial charge in [-0.05, 0) is 37.3 Å². The number of nitrogens with one attached hydrogen (secondary N) is 1. The number of rotatable bonds is 10. The number of furan rings is 1. The molecule has 0 bridgehead atoms. The van der Waals surface area contributed by atoms with E-state index in [1.165, 1.54) is 12.6 Å². The lowest BCUT2D eigenvalue weighted by atomic mass is 10.1. The number of anilines is 3. The summed E-state index contributed by atoms with van der Waals surface area (Å²) in [5.74, 6) is 0.610. The minimum absolute atomic E-state index is 0.0500. The fraction of sp³-hybridized carbons (Fsp3) is 0.346. The number of nitrogens with zero attached hydrogens (tertiary/aromatic N) is 6. The molecule has 1 aromatic carbocycles. The van der Waals surface area contributed by atoms with Gasteiger partial charge in [-0.15, -0.1) is 0 Å². The first-order valence-electron chi connectivity index (χ1n) is 12.5. The van der Waals surface area contributed by atoms with Crippen molar-refractivity contribution in [3.8, 4) is 0 Å². The van der Waals surface area contributed by atoms with Gasteiger partial charge in [0.05, 0.1) is 30.8 Å². The molecule has 1 aliphatic heterocycles. The van der Waals surface area contributed by atoms with Gasteiger partial charge in [-0.3, -0.25) is 14.9 Å². The number of hydrogen-bond donors (Lipinski definition) is 1. The van der Waals surface area contributed by atoms with Crippen molar-refractivity contribution in [2.45, 2.75) is 19.9 Å². The van der Waals surface area contributed by atoms with E-state index in [-0.39, 0.29) is 49.4 Å². The number of aromatic nitrogens is 3. The number of carbonyl (C=O) groups excluding carboxylic acids is 1. The van der Waals surface area contributed by atoms with Crippen molar-refractivity contribution in [2.24, 2.45) is 0 Å². The van der Waals surface area contributed by atoms with Crippen molar-refractivity contribution < 1.29 is 18.9 Å². The maximum Gasteiger partial charge on any atom is 0.353 e. The third kappa shape index (κ3) is 5.24. The van der Waals surface area contributed by atoms with E-state index in [0.717, 1.165) is 16.6 Å². The summed E-state index contributed by atoms with van der Waals surface area (Å²) in [5, 5.41) is 13.5. The Morgan fingerprint density at radius 3 is 2.71 bits per heavy atom. The van der Waals surface area contributed by atoms with Crippen LogP contribution in [0.5, 0.6) is 0 Å². The number of H-pyrrole nitrogens is 1. The largest absolute Gasteiger partial charge is 0.467 e. The molecule has 3 aromatic heterocycles. The Balaban J connectivity index is 1.40. The van der Waals surface area contributed by atoms with Crippen LogP contribution in [0.4, 0.5) is 23.0 Å². The number of nitro groups is 1. The average Bonchev–Trinajstić information content (AvgIpc) is 3.63. The number of piperazine rings is 1. The minimum atomic E-state index is -0.447. The molecule has 12 heteroatoms. The van der Waals surface area contributed by atoms with Crippen LogP contribution in [0.25, 0.3) is 10.9 Å². The van der Waals surface area contributed by atoms with Gasteiger partial charge in [-0.25, -0.2) is 9.97 Å². The predicted octanol–water partition coefficient (Wildman–Crippen LogP) is 3.75. The SMILES string of the molecule is CCOC(=O)CCN(Cc1ccco1)c1ncnc(N2CCN(c3cccc4[nH]ccc34)CC2)c1[N+](=O)[O-]. The van der Waals surface area contributed by atoms with Crippen molar-refractivity contribution in [1.29, 1.82) is 0 Å². The van der Waals surface area contributed by atoms with Gasteiger partial charge in [0.2, 0.25) is 11.6 Å². The second-order valence-corrected chi connectivity index (χ2v) is 8.87. The van der Waals surface area contributed by atoms with Crippen molar-refractivity contribution in [3.05, 3.63) is 71.1 Å². The van der Waals surface area contributed by atoms with E-state index in [1.54, 1.807) is 24.0 Å². The molecule has 1 aliphatic rings. The highest BCUT2D eigenvalue weighted by molar-refractivity contribution is 5.92. The molecule has 4 heterocycles. The van der Waals surface area contributed by atoms with Gasteiger partial charge < -0.3 is 28.8 Å². The van der Waals surface area contributed by atoms with Gasteiger partial charge in [0.25, 0.3) is 0 Å². The number of esters is 1. The summed E-state index contributed by atoms with van der Waals surface area (Å²) in [6.45, 7) is 4.85. The first kappa shape index (κ1) is 25.1. The highest BCUT2D eigenvalue weighted by Crippen LogP contribution is 2.36. The molecule has 1 fully saturated rings. The first-order valence-corrected chi connectivity index (χ1v) is 12.5. The molecule has 1 N–H and O–H groups in total. The molecule has 0 aliphatic carbocycles. The van der Waals surface area contributed by atoms with E-state index in [1.807, 2.05) is 23.2 Å². The van der Waals surface area contributed by atoms with Crippen molar-refractivity contribution in [3.63, 3.8) is 0 Å². The van der Waals surface area contributed by atoms with Gasteiger partial charge in [0.1, 0.15) is 12.1 Å². The van der Waals surface area contributed by atoms with E-state index in [4.69, 9.17) is 9.15 Å². The molecule has 0 amide bonds. The topological polar surface area (TPSA) is 134 Å². The Bertz CT molecular complexity index is 1400. The van der Waals surface area contributed by atoms with Crippen LogP contribution in [0.3, 0.4) is 0 Å². The molecular formula is C26H29N7O5. The fourth-order valence-corrected chi connectivity index (χ4v) is 4.80. The lowest BCUT2D eigenvalue weighted by Gasteiger charge is -2.37. The normalized spacial score (nSPS) is 13.6. The van der Waals surface area contributed by atoms with E-state index in [2.05, 4.69) is 32.0 Å². The molecule has 1 saturated heterocycles. The van der Waals surface area contributed by atoms with Gasteiger partial charge in [-0.1, -0.05) is 6.07 Å². The number of aromatic amines is 1. The highest BCUT2D eigenvalue weighted by Gasteiger charge is 2.32. The van der Waals surface area contributed by atoms with Crippen LogP contribution < -0.4 is 14.7 Å². The van der Waals surface area contributed by atoms with Crippen molar-refractivity contribution in [1.82, 2.24) is 15.0 Å². The van der Waals surface area contributed by atoms with Crippen LogP contribution >= 0.6 is 0 Å². The van der Waals surface area contributed by atoms with E-state index < -0.39 is 4.92 Å². The molecular weight excluding hydrogens is 490 g/mol. The molecule has 198 valence electrons. The second-order valence-electron chi connectivity index (χ2n) is 8.87. The Morgan fingerprint density at radius 1 is 1.16 bits per heavy atom. The van der Waals surface area contributed by atoms with Crippen molar-refractivity contribution in [2.75, 3.05) is 54.0 Å². The van der Waals surface area contributed by atoms with Gasteiger partial charge in [-0.2, -0.15) is 0 Å². The molecule has 5 rings (SSSR count). The van der Waals surface area contributed by atoms with Crippen molar-refractivity contribution >= 4 is 39.9 Å². The van der Waals surface area contributed by atoms with Crippen LogP contribution in [0.1, 0.15) is 19.1 Å². The molecule has 0 saturated carbocycles. The summed E-state index contributed by atoms with van der Waals surface area (Å²) in [6.07, 6.45) is 4.84. The molecule has 0 spiro atoms.